The van der Waals surface area contributed by atoms with Crippen molar-refractivity contribution in [3.05, 3.63) is 11.6 Å². The quantitative estimate of drug-likeness (QED) is 0.817. The largest absolute Gasteiger partial charge is 0.475 e. The van der Waals surface area contributed by atoms with Crippen LogP contribution in [0.5, 0.6) is 0 Å². The molecular weight excluding hydrogens is 240 g/mol. The monoisotopic (exact) mass is 256 g/mol. The van der Waals surface area contributed by atoms with E-state index < -0.39 is 17.7 Å². The minimum atomic E-state index is -1.21. The molecule has 1 aromatic rings. The van der Waals surface area contributed by atoms with Crippen molar-refractivity contribution in [3.8, 4) is 0 Å². The van der Waals surface area contributed by atoms with Gasteiger partial charge in [-0.2, -0.15) is 0 Å². The van der Waals surface area contributed by atoms with Crippen LogP contribution >= 0.6 is 0 Å². The molecule has 0 radical (unpaired) electrons. The maximum absolute atomic E-state index is 11.4. The summed E-state index contributed by atoms with van der Waals surface area (Å²) in [6.07, 6.45) is -0.595. The van der Waals surface area contributed by atoms with Crippen LogP contribution in [0.4, 0.5) is 4.79 Å². The smallest absolute Gasteiger partial charge is 0.408 e. The number of aromatic nitrogens is 3. The number of nitrogens with zero attached hydrogens (tertiary/aromatic N) is 3. The van der Waals surface area contributed by atoms with Crippen molar-refractivity contribution in [2.24, 2.45) is 7.05 Å². The Kier molecular flexibility index (Phi) is 3.89. The van der Waals surface area contributed by atoms with Crippen molar-refractivity contribution >= 4 is 12.1 Å². The summed E-state index contributed by atoms with van der Waals surface area (Å²) in [5, 5.41) is 14.9. The molecule has 8 nitrogen and oxygen atoms in total. The van der Waals surface area contributed by atoms with Gasteiger partial charge in [-0.3, -0.25) is 4.68 Å². The van der Waals surface area contributed by atoms with Crippen LogP contribution in [0.25, 0.3) is 0 Å². The molecule has 0 bridgehead atoms. The van der Waals surface area contributed by atoms with E-state index in [0.29, 0.717) is 5.82 Å². The zero-order valence-corrected chi connectivity index (χ0v) is 10.7. The van der Waals surface area contributed by atoms with Crippen molar-refractivity contribution in [3.63, 3.8) is 0 Å². The molecule has 0 atom stereocenters. The summed E-state index contributed by atoms with van der Waals surface area (Å²) in [4.78, 5) is 25.8. The molecule has 0 saturated heterocycles. The van der Waals surface area contributed by atoms with E-state index in [4.69, 9.17) is 9.84 Å². The summed E-state index contributed by atoms with van der Waals surface area (Å²) >= 11 is 0. The van der Waals surface area contributed by atoms with Gasteiger partial charge in [0.15, 0.2) is 0 Å². The first-order valence-corrected chi connectivity index (χ1v) is 5.29. The number of carboxylic acids is 1. The number of aromatic carboxylic acids is 1. The lowest BCUT2D eigenvalue weighted by molar-refractivity contribution is 0.0521. The lowest BCUT2D eigenvalue weighted by atomic mass is 10.2. The van der Waals surface area contributed by atoms with Crippen LogP contribution < -0.4 is 5.32 Å². The molecular formula is C10H16N4O4. The van der Waals surface area contributed by atoms with Gasteiger partial charge < -0.3 is 15.2 Å². The molecule has 1 rings (SSSR count). The predicted octanol–water partition coefficient (Wildman–Crippen LogP) is 0.538. The highest BCUT2D eigenvalue weighted by atomic mass is 16.6. The van der Waals surface area contributed by atoms with E-state index >= 15 is 0 Å². The number of carbonyl (C=O) groups excluding carboxylic acids is 1. The van der Waals surface area contributed by atoms with Gasteiger partial charge in [-0.1, -0.05) is 0 Å². The van der Waals surface area contributed by atoms with Gasteiger partial charge in [0.1, 0.15) is 11.4 Å². The fraction of sp³-hybridized carbons (Fsp3) is 0.600. The summed E-state index contributed by atoms with van der Waals surface area (Å²) in [6.45, 7) is 5.29. The topological polar surface area (TPSA) is 106 Å². The molecule has 1 amide bonds. The second-order valence-electron chi connectivity index (χ2n) is 4.64. The first kappa shape index (κ1) is 13.9. The lowest BCUT2D eigenvalue weighted by Gasteiger charge is -2.19. The minimum Gasteiger partial charge on any atom is -0.475 e. The third kappa shape index (κ3) is 4.04. The number of amides is 1. The summed E-state index contributed by atoms with van der Waals surface area (Å²) in [7, 11) is 1.55. The second-order valence-corrected chi connectivity index (χ2v) is 4.64. The number of carbonyl (C=O) groups is 2. The van der Waals surface area contributed by atoms with Crippen LogP contribution in [-0.2, 0) is 18.3 Å². The molecule has 0 spiro atoms. The number of ether oxygens (including phenoxy) is 1. The van der Waals surface area contributed by atoms with Crippen LogP contribution in [0.2, 0.25) is 0 Å². The molecule has 0 aromatic carbocycles. The average molecular weight is 256 g/mol. The number of hydrogen-bond donors (Lipinski definition) is 2. The Balaban J connectivity index is 2.59. The molecule has 0 unspecified atom stereocenters. The van der Waals surface area contributed by atoms with Gasteiger partial charge in [-0.15, -0.1) is 5.10 Å². The molecule has 0 aliphatic rings. The van der Waals surface area contributed by atoms with Crippen LogP contribution in [0, 0.1) is 0 Å². The summed E-state index contributed by atoms with van der Waals surface area (Å²) in [5.41, 5.74) is -0.587. The predicted molar refractivity (Wildman–Crippen MR) is 61.0 cm³/mol. The number of hydrogen-bond acceptors (Lipinski definition) is 5. The SMILES string of the molecule is Cn1nc(C(=O)O)nc1CNC(=O)OC(C)(C)C. The van der Waals surface area contributed by atoms with Crippen LogP contribution in [0.15, 0.2) is 0 Å². The van der Waals surface area contributed by atoms with Crippen molar-refractivity contribution in [1.29, 1.82) is 0 Å². The Hall–Kier alpha value is -2.12. The molecule has 1 heterocycles. The lowest BCUT2D eigenvalue weighted by Crippen LogP contribution is -2.32. The number of carboxylic acid groups (broad SMARTS) is 1. The molecule has 1 aromatic heterocycles. The van der Waals surface area contributed by atoms with Gasteiger partial charge in [-0.05, 0) is 20.8 Å². The van der Waals surface area contributed by atoms with Gasteiger partial charge in [0, 0.05) is 7.05 Å². The summed E-state index contributed by atoms with van der Waals surface area (Å²) in [5.74, 6) is -1.19. The fourth-order valence-corrected chi connectivity index (χ4v) is 1.13. The van der Waals surface area contributed by atoms with Gasteiger partial charge in [-0.25, -0.2) is 14.6 Å². The zero-order valence-electron chi connectivity index (χ0n) is 10.7. The van der Waals surface area contributed by atoms with E-state index in [-0.39, 0.29) is 12.4 Å². The van der Waals surface area contributed by atoms with Gasteiger partial charge in [0.25, 0.3) is 5.82 Å². The first-order chi connectivity index (χ1) is 8.19. The Labute approximate surface area is 104 Å². The van der Waals surface area contributed by atoms with Gasteiger partial charge in [0.05, 0.1) is 6.54 Å². The Bertz CT molecular complexity index is 461. The third-order valence-corrected chi connectivity index (χ3v) is 1.83. The van der Waals surface area contributed by atoms with Gasteiger partial charge >= 0.3 is 12.1 Å². The first-order valence-electron chi connectivity index (χ1n) is 5.29. The van der Waals surface area contributed by atoms with E-state index in [1.165, 1.54) is 4.68 Å². The molecule has 0 aliphatic carbocycles. The maximum atomic E-state index is 11.4. The number of nitrogens with one attached hydrogen (secondary N) is 1. The van der Waals surface area contributed by atoms with Crippen molar-refractivity contribution in [1.82, 2.24) is 20.1 Å². The highest BCUT2D eigenvalue weighted by molar-refractivity contribution is 5.82. The Morgan fingerprint density at radius 2 is 2.06 bits per heavy atom. The molecule has 100 valence electrons. The number of alkyl carbamates (subject to hydrolysis) is 1. The summed E-state index contributed by atoms with van der Waals surface area (Å²) < 4.78 is 6.32. The van der Waals surface area contributed by atoms with E-state index in [1.54, 1.807) is 27.8 Å². The van der Waals surface area contributed by atoms with Crippen molar-refractivity contribution in [2.75, 3.05) is 0 Å². The Morgan fingerprint density at radius 1 is 1.44 bits per heavy atom. The van der Waals surface area contributed by atoms with Crippen LogP contribution in [0.3, 0.4) is 0 Å². The third-order valence-electron chi connectivity index (χ3n) is 1.83. The maximum Gasteiger partial charge on any atom is 0.408 e. The zero-order chi connectivity index (χ0) is 13.9. The van der Waals surface area contributed by atoms with Crippen LogP contribution in [-0.4, -0.2) is 37.5 Å². The molecule has 18 heavy (non-hydrogen) atoms. The molecule has 0 aliphatic heterocycles. The second kappa shape index (κ2) is 5.03. The highest BCUT2D eigenvalue weighted by Crippen LogP contribution is 2.06. The van der Waals surface area contributed by atoms with Gasteiger partial charge in [0.2, 0.25) is 0 Å². The average Bonchev–Trinajstić information content (AvgIpc) is 2.54. The van der Waals surface area contributed by atoms with E-state index in [1.807, 2.05) is 0 Å². The minimum absolute atomic E-state index is 0.0473. The standard InChI is InChI=1S/C10H16N4O4/c1-10(2,3)18-9(17)11-5-6-12-7(8(15)16)13-14(6)4/h5H2,1-4H3,(H,11,17)(H,15,16). The van der Waals surface area contributed by atoms with E-state index in [2.05, 4.69) is 15.4 Å². The molecule has 2 N–H and O–H groups in total. The molecule has 8 heteroatoms. The molecule has 0 saturated carbocycles. The summed E-state index contributed by atoms with van der Waals surface area (Å²) in [6, 6.07) is 0. The van der Waals surface area contributed by atoms with Crippen molar-refractivity contribution < 1.29 is 19.4 Å². The molecule has 0 fully saturated rings. The van der Waals surface area contributed by atoms with Crippen LogP contribution in [0.1, 0.15) is 37.2 Å². The van der Waals surface area contributed by atoms with E-state index in [0.717, 1.165) is 0 Å². The fourth-order valence-electron chi connectivity index (χ4n) is 1.13. The van der Waals surface area contributed by atoms with E-state index in [9.17, 15) is 9.59 Å². The number of rotatable bonds is 3. The Morgan fingerprint density at radius 3 is 2.50 bits per heavy atom. The normalized spacial score (nSPS) is 11.1. The highest BCUT2D eigenvalue weighted by Gasteiger charge is 2.17. The number of aryl methyl sites for hydroxylation is 1. The van der Waals surface area contributed by atoms with Crippen molar-refractivity contribution in [2.45, 2.75) is 32.9 Å².